The van der Waals surface area contributed by atoms with Gasteiger partial charge in [0, 0.05) is 74.1 Å². The van der Waals surface area contributed by atoms with Crippen molar-refractivity contribution in [3.8, 4) is 62.9 Å². The SMILES string of the molecule is CN[C@H](CC(C)C)C(=O)N[C@H]1C(=O)N[C@@H](CC(N)=O)C(=O)N[C@H]2C(=O)N[C@H]3C(=O)N[C@H](C(=O)N[C@@H](C(=O)NNC(=O)C(N)=O)c4cc(O)cc(O)c4-c4cc3ccc4O)[C@H](O)c3ccc(c(Cl)c3)Oc3cc2cc(c3O[C@@H]2O[C@H](CO)[C@@H](O)[C@H](O)[C@H]2O[C@H]2C[C@](C)(NCCN3CCN(NC(=O)Nc4ccc(OC(F)(F)F)cc4)CC3)[C@H](O)[C@H](C)O2)Oc2ccc(cc2Cl)[C@H]1O. The van der Waals surface area contributed by atoms with Gasteiger partial charge in [0.1, 0.15) is 101 Å². The van der Waals surface area contributed by atoms with Crippen LogP contribution in [0.4, 0.5) is 23.7 Å². The molecule has 0 aliphatic carbocycles. The van der Waals surface area contributed by atoms with Crippen molar-refractivity contribution in [3.63, 3.8) is 0 Å². The number of nitrogens with one attached hydrogen (secondary N) is 12. The number of primary amides is 2. The number of hydrogen-bond acceptors (Lipinski definition) is 31. The van der Waals surface area contributed by atoms with Gasteiger partial charge in [-0.15, -0.1) is 13.2 Å². The smallest absolute Gasteiger partial charge is 0.508 e. The number of hydrogen-bond donors (Lipinski definition) is 23. The highest BCUT2D eigenvalue weighted by Crippen LogP contribution is 2.50. The fourth-order valence-corrected chi connectivity index (χ4v) is 16.0. The first-order chi connectivity index (χ1) is 61.5. The number of aliphatic hydroxyl groups is 6. The molecule has 8 heterocycles. The highest BCUT2D eigenvalue weighted by atomic mass is 35.5. The number of carbonyl (C=O) groups is 11. The quantitative estimate of drug-likeness (QED) is 0.0340. The Morgan fingerprint density at radius 2 is 1.32 bits per heavy atom. The van der Waals surface area contributed by atoms with E-state index in [1.54, 1.807) is 31.2 Å². The van der Waals surface area contributed by atoms with Gasteiger partial charge in [0.25, 0.3) is 5.91 Å². The number of carbonyl (C=O) groups excluding carboxylic acids is 11. The van der Waals surface area contributed by atoms with Gasteiger partial charge in [-0.2, -0.15) is 0 Å². The number of benzene rings is 6. The van der Waals surface area contributed by atoms with Crippen molar-refractivity contribution in [2.24, 2.45) is 17.4 Å². The maximum atomic E-state index is 16.3. The molecule has 3 saturated heterocycles. The number of hydrazine groups is 2. The second-order valence-electron chi connectivity index (χ2n) is 32.0. The average molecular weight is 1860 g/mol. The molecule has 8 aliphatic rings. The molecular formula is C82H95Cl2F3N16O27. The molecule has 18 atom stereocenters. The number of phenolic OH excluding ortho intramolecular Hbond substituents is 3. The molecule has 8 aliphatic heterocycles. The summed E-state index contributed by atoms with van der Waals surface area (Å²) in [6, 6.07) is 2.11. The van der Waals surface area contributed by atoms with Crippen LogP contribution in [0.5, 0.6) is 51.7 Å². The van der Waals surface area contributed by atoms with Gasteiger partial charge in [0.15, 0.2) is 23.9 Å². The number of alkyl halides is 3. The van der Waals surface area contributed by atoms with Crippen LogP contribution in [-0.2, 0) is 62.2 Å². The summed E-state index contributed by atoms with van der Waals surface area (Å²) in [5.41, 5.74) is 12.8. The van der Waals surface area contributed by atoms with E-state index in [4.69, 9.17) is 63.1 Å². The maximum absolute atomic E-state index is 16.3. The molecule has 3 fully saturated rings. The number of nitrogens with zero attached hydrogens (tertiary/aromatic N) is 2. The van der Waals surface area contributed by atoms with E-state index in [1.807, 2.05) is 10.3 Å². The third-order valence-electron chi connectivity index (χ3n) is 22.2. The number of urea groups is 1. The number of nitrogens with two attached hydrogens (primary N) is 2. The number of likely N-dealkylation sites (N-methyl/N-ethyl adjacent to an activating group) is 1. The van der Waals surface area contributed by atoms with E-state index < -0.39 is 283 Å². The van der Waals surface area contributed by atoms with Gasteiger partial charge in [-0.25, -0.2) is 9.80 Å². The maximum Gasteiger partial charge on any atom is 0.573 e. The monoisotopic (exact) mass is 1860 g/mol. The summed E-state index contributed by atoms with van der Waals surface area (Å²) in [6.45, 7) is 7.78. The minimum absolute atomic E-state index is 0.141. The Balaban J connectivity index is 0.964. The number of aliphatic hydroxyl groups excluding tert-OH is 6. The number of piperazine rings is 1. The lowest BCUT2D eigenvalue weighted by molar-refractivity contribution is -0.334. The van der Waals surface area contributed by atoms with Gasteiger partial charge in [-0.05, 0) is 140 Å². The molecule has 0 aromatic heterocycles. The number of anilines is 1. The Morgan fingerprint density at radius 1 is 0.692 bits per heavy atom. The number of phenols is 3. The van der Waals surface area contributed by atoms with Crippen molar-refractivity contribution in [2.45, 2.75) is 163 Å². The van der Waals surface area contributed by atoms with Crippen molar-refractivity contribution in [1.29, 1.82) is 0 Å². The first-order valence-electron chi connectivity index (χ1n) is 40.5. The van der Waals surface area contributed by atoms with Crippen molar-refractivity contribution >= 4 is 94.0 Å². The van der Waals surface area contributed by atoms with Gasteiger partial charge < -0.3 is 138 Å². The molecule has 11 bridgehead atoms. The second kappa shape index (κ2) is 40.8. The fraction of sp³-hybridized carbons (Fsp3) is 0.427. The van der Waals surface area contributed by atoms with Gasteiger partial charge in [0.05, 0.1) is 41.3 Å². The van der Waals surface area contributed by atoms with Crippen LogP contribution in [-0.4, -0.2) is 259 Å². The van der Waals surface area contributed by atoms with Crippen LogP contribution in [0.3, 0.4) is 0 Å². The number of amides is 12. The van der Waals surface area contributed by atoms with E-state index >= 15 is 24.0 Å². The minimum Gasteiger partial charge on any atom is -0.508 e. The zero-order valence-corrected chi connectivity index (χ0v) is 71.1. The van der Waals surface area contributed by atoms with Crippen LogP contribution in [0.2, 0.25) is 10.0 Å². The van der Waals surface area contributed by atoms with Gasteiger partial charge in [-0.3, -0.25) is 69.1 Å². The normalized spacial score (nSPS) is 26.4. The lowest BCUT2D eigenvalue weighted by Gasteiger charge is -2.48. The topological polar surface area (TPSA) is 637 Å². The van der Waals surface area contributed by atoms with Crippen LogP contribution >= 0.6 is 23.2 Å². The molecule has 6 aromatic rings. The Labute approximate surface area is 746 Å². The first-order valence-corrected chi connectivity index (χ1v) is 41.2. The molecule has 48 heteroatoms. The Hall–Kier alpha value is -12.3. The lowest BCUT2D eigenvalue weighted by atomic mass is 9.85. The van der Waals surface area contributed by atoms with Crippen molar-refractivity contribution < 1.29 is 145 Å². The summed E-state index contributed by atoms with van der Waals surface area (Å²) >= 11 is 14.3. The molecule has 12 amide bonds. The largest absolute Gasteiger partial charge is 0.573 e. The molecule has 43 nitrogen and oxygen atoms in total. The number of aromatic hydroxyl groups is 3. The first kappa shape index (κ1) is 96.8. The highest BCUT2D eigenvalue weighted by Gasteiger charge is 2.53. The molecule has 130 heavy (non-hydrogen) atoms. The lowest BCUT2D eigenvalue weighted by Crippen LogP contribution is -2.66. The molecule has 0 unspecified atom stereocenters. The minimum atomic E-state index is -4.92. The van der Waals surface area contributed by atoms with Crippen LogP contribution in [0, 0.1) is 5.92 Å². The number of ether oxygens (including phenoxy) is 7. The van der Waals surface area contributed by atoms with Crippen LogP contribution < -0.4 is 94.5 Å². The van der Waals surface area contributed by atoms with E-state index in [-0.39, 0.29) is 42.1 Å². The molecule has 14 rings (SSSR count). The number of halogens is 5. The van der Waals surface area contributed by atoms with Crippen molar-refractivity contribution in [3.05, 3.63) is 141 Å². The van der Waals surface area contributed by atoms with Gasteiger partial charge in [0.2, 0.25) is 53.4 Å². The third kappa shape index (κ3) is 22.8. The molecule has 0 spiro atoms. The Bertz CT molecular complexity index is 5300. The summed E-state index contributed by atoms with van der Waals surface area (Å²) in [6.07, 6.45) is -24.5. The molecule has 700 valence electrons. The molecule has 0 radical (unpaired) electrons. The summed E-state index contributed by atoms with van der Waals surface area (Å²) in [4.78, 5) is 159. The van der Waals surface area contributed by atoms with E-state index in [1.165, 1.54) is 32.2 Å². The van der Waals surface area contributed by atoms with Crippen LogP contribution in [0.1, 0.15) is 105 Å². The van der Waals surface area contributed by atoms with Crippen LogP contribution in [0.25, 0.3) is 11.1 Å². The van der Waals surface area contributed by atoms with Crippen molar-refractivity contribution in [2.75, 3.05) is 58.2 Å². The zero-order valence-electron chi connectivity index (χ0n) is 69.6. The molecule has 0 saturated carbocycles. The predicted molar refractivity (Wildman–Crippen MR) is 444 cm³/mol. The summed E-state index contributed by atoms with van der Waals surface area (Å²) in [5.74, 6) is -20.4. The van der Waals surface area contributed by atoms with E-state index in [2.05, 4.69) is 58.0 Å². The van der Waals surface area contributed by atoms with Gasteiger partial charge in [-0.1, -0.05) is 55.2 Å². The Morgan fingerprint density at radius 3 is 1.92 bits per heavy atom. The van der Waals surface area contributed by atoms with Crippen LogP contribution in [0.15, 0.2) is 103 Å². The fourth-order valence-electron chi connectivity index (χ4n) is 15.5. The number of fused-ring (bicyclic) bond motifs is 15. The molecule has 25 N–H and O–H groups in total. The Kier molecular flexibility index (Phi) is 30.4. The third-order valence-corrected chi connectivity index (χ3v) is 22.8. The van der Waals surface area contributed by atoms with Gasteiger partial charge >= 0.3 is 24.2 Å². The van der Waals surface area contributed by atoms with Crippen molar-refractivity contribution in [1.82, 2.24) is 68.7 Å². The standard InChI is InChI=1S/C82H95Cl2F3N16O27/c1-33(2)22-46(90-5)71(115)97-61-63(109)36-7-14-50(44(83)24-36)125-52-26-38-27-53(67(52)129-79-68(66(112)65(111)54(32-104)127-79)128-56-31-81(4,69(113)34(3)124-56)91-16-17-102-18-20-103(21-19-102)101-80(123)92-39-9-11-41(12-10-39)130-82(85,86)87)126-51-15-8-37(25-45(51)84)64(110)62-76(120)96-60(77(121)99-100-78(122)70(89)114)43-28-40(105)29-49(107)57(43)42-23-35(6-13-48(42)106)58(73(117)98-62)95-74(118)59(38)94-72(116)47(30-55(88)108)93-75(61)119/h6-15,23-29,33-34,46-47,54,56,58-66,68-69,79,90-91,104-107,109-113H,16-22,30-32H2,1-5H3,(H2,88,108)(H2,89,114)(H,93,119)(H,94,116)(H,95,118)(H,96,120)(H,97,115)(H,98,117)(H,99,121)(H,100,122)(H2,92,101,123)/t34-,46+,47-,54+,56-,58+,59+,60+,61+,62-,63+,64+,65+,66-,68+,69+,79-,81-/m0/s1. The van der Waals surface area contributed by atoms with E-state index in [9.17, 15) is 87.9 Å². The summed E-state index contributed by atoms with van der Waals surface area (Å²) in [5, 5.41) is 131. The second-order valence-corrected chi connectivity index (χ2v) is 32.8. The van der Waals surface area contributed by atoms with E-state index in [0.717, 1.165) is 84.9 Å². The summed E-state index contributed by atoms with van der Waals surface area (Å²) < 4.78 is 81.5. The summed E-state index contributed by atoms with van der Waals surface area (Å²) in [7, 11) is 1.45. The predicted octanol–water partition coefficient (Wildman–Crippen LogP) is -0.462. The molecule has 6 aromatic carbocycles. The average Bonchev–Trinajstić information content (AvgIpc) is 0.764. The highest BCUT2D eigenvalue weighted by molar-refractivity contribution is 6.34. The van der Waals surface area contributed by atoms with E-state index in [0.29, 0.717) is 32.7 Å². The molecular weight excluding hydrogens is 1770 g/mol. The zero-order chi connectivity index (χ0) is 94.4. The number of rotatable bonds is 20.